The van der Waals surface area contributed by atoms with Gasteiger partial charge in [0.05, 0.1) is 12.5 Å². The van der Waals surface area contributed by atoms with Crippen LogP contribution in [0.15, 0.2) is 30.3 Å². The number of rotatable bonds is 16. The monoisotopic (exact) mass is 467 g/mol. The first-order chi connectivity index (χ1) is 15.3. The molecule has 0 heterocycles. The quantitative estimate of drug-likeness (QED) is 0.251. The molecule has 0 aromatic heterocycles. The van der Waals surface area contributed by atoms with Gasteiger partial charge in [-0.15, -0.1) is 0 Å². The van der Waals surface area contributed by atoms with E-state index < -0.39 is 12.1 Å². The summed E-state index contributed by atoms with van der Waals surface area (Å²) in [5, 5.41) is 5.38. The van der Waals surface area contributed by atoms with Gasteiger partial charge in [-0.05, 0) is 37.3 Å². The Morgan fingerprint density at radius 3 is 2.41 bits per heavy atom. The number of carbonyl (C=O) groups is 3. The molecule has 8 nitrogen and oxygen atoms in total. The summed E-state index contributed by atoms with van der Waals surface area (Å²) in [6, 6.07) is 8.97. The van der Waals surface area contributed by atoms with E-state index in [4.69, 9.17) is 15.2 Å². The highest BCUT2D eigenvalue weighted by Crippen LogP contribution is 2.10. The van der Waals surface area contributed by atoms with Crippen molar-refractivity contribution in [2.24, 2.45) is 5.73 Å². The minimum atomic E-state index is -0.755. The van der Waals surface area contributed by atoms with E-state index in [2.05, 4.69) is 17.6 Å². The number of amides is 2. The van der Waals surface area contributed by atoms with E-state index >= 15 is 0 Å². The van der Waals surface area contributed by atoms with E-state index in [1.165, 1.54) is 0 Å². The van der Waals surface area contributed by atoms with Gasteiger partial charge in [-0.2, -0.15) is 11.8 Å². The fraction of sp³-hybridized carbons (Fsp3) is 0.609. The molecule has 0 aliphatic carbocycles. The van der Waals surface area contributed by atoms with Crippen LogP contribution in [-0.4, -0.2) is 60.6 Å². The molecule has 0 saturated carbocycles. The number of benzene rings is 1. The molecule has 180 valence electrons. The van der Waals surface area contributed by atoms with Crippen LogP contribution in [-0.2, 0) is 30.5 Å². The lowest BCUT2D eigenvalue weighted by Gasteiger charge is -2.25. The molecule has 2 atom stereocenters. The predicted octanol–water partition coefficient (Wildman–Crippen LogP) is 2.01. The minimum absolute atomic E-state index is 0.0832. The van der Waals surface area contributed by atoms with Crippen LogP contribution in [0.25, 0.3) is 0 Å². The van der Waals surface area contributed by atoms with Gasteiger partial charge in [0.25, 0.3) is 5.91 Å². The summed E-state index contributed by atoms with van der Waals surface area (Å²) in [5.74, 6) is 0.899. The summed E-state index contributed by atoms with van der Waals surface area (Å²) >= 11 is 1.76. The molecule has 0 fully saturated rings. The van der Waals surface area contributed by atoms with E-state index in [-0.39, 0.29) is 56.4 Å². The lowest BCUT2D eigenvalue weighted by Crippen LogP contribution is -2.49. The van der Waals surface area contributed by atoms with Gasteiger partial charge in [0.1, 0.15) is 6.61 Å². The van der Waals surface area contributed by atoms with Crippen molar-refractivity contribution in [3.63, 3.8) is 0 Å². The van der Waals surface area contributed by atoms with Gasteiger partial charge >= 0.3 is 5.97 Å². The number of hydrogen-bond donors (Lipinski definition) is 3. The third kappa shape index (κ3) is 12.7. The number of nitrogens with two attached hydrogens (primary N) is 1. The SMILES string of the molecule is CCSCC[C@@H](N)C(OC(C)C)C(=O)NCCC(=O)NCCC(=O)OCc1ccccc1. The summed E-state index contributed by atoms with van der Waals surface area (Å²) in [5.41, 5.74) is 7.08. The van der Waals surface area contributed by atoms with Crippen molar-refractivity contribution in [2.75, 3.05) is 24.6 Å². The summed E-state index contributed by atoms with van der Waals surface area (Å²) in [7, 11) is 0. The van der Waals surface area contributed by atoms with Crippen molar-refractivity contribution in [3.05, 3.63) is 35.9 Å². The third-order valence-electron chi connectivity index (χ3n) is 4.41. The third-order valence-corrected chi connectivity index (χ3v) is 5.34. The molecule has 0 radical (unpaired) electrons. The topological polar surface area (TPSA) is 120 Å². The Kier molecular flexibility index (Phi) is 14.4. The maximum Gasteiger partial charge on any atom is 0.307 e. The first-order valence-corrected chi connectivity index (χ1v) is 12.2. The minimum Gasteiger partial charge on any atom is -0.461 e. The van der Waals surface area contributed by atoms with Crippen LogP contribution in [0.4, 0.5) is 0 Å². The molecule has 1 aromatic rings. The average Bonchev–Trinajstić information content (AvgIpc) is 2.76. The Balaban J connectivity index is 2.26. The number of hydrogen-bond acceptors (Lipinski definition) is 7. The Hall–Kier alpha value is -2.10. The van der Waals surface area contributed by atoms with E-state index in [1.807, 2.05) is 44.2 Å². The lowest BCUT2D eigenvalue weighted by atomic mass is 10.1. The Morgan fingerprint density at radius 1 is 1.06 bits per heavy atom. The van der Waals surface area contributed by atoms with E-state index in [0.29, 0.717) is 6.42 Å². The van der Waals surface area contributed by atoms with E-state index in [1.54, 1.807) is 11.8 Å². The number of esters is 1. The second-order valence-corrected chi connectivity index (χ2v) is 8.94. The van der Waals surface area contributed by atoms with Crippen LogP contribution in [0.5, 0.6) is 0 Å². The molecule has 0 saturated heterocycles. The zero-order valence-corrected chi connectivity index (χ0v) is 20.1. The van der Waals surface area contributed by atoms with Crippen LogP contribution in [0, 0.1) is 0 Å². The molecule has 0 aliphatic rings. The van der Waals surface area contributed by atoms with Crippen molar-refractivity contribution in [1.82, 2.24) is 10.6 Å². The van der Waals surface area contributed by atoms with E-state index in [0.717, 1.165) is 17.1 Å². The van der Waals surface area contributed by atoms with Gasteiger partial charge in [0, 0.05) is 25.6 Å². The molecule has 0 aliphatic heterocycles. The van der Waals surface area contributed by atoms with Crippen LogP contribution in [0.3, 0.4) is 0 Å². The standard InChI is InChI=1S/C23H37N3O5S/c1-4-32-15-12-19(24)22(31-17(2)3)23(29)26-13-10-20(27)25-14-11-21(28)30-16-18-8-6-5-7-9-18/h5-9,17,19,22H,4,10-16,24H2,1-3H3,(H,25,27)(H,26,29)/t19-,22?/m1/s1. The smallest absolute Gasteiger partial charge is 0.307 e. The van der Waals surface area contributed by atoms with Crippen LogP contribution in [0.2, 0.25) is 0 Å². The number of ether oxygens (including phenoxy) is 2. The summed E-state index contributed by atoms with van der Waals surface area (Å²) in [6.07, 6.45) is -0.0417. The summed E-state index contributed by atoms with van der Waals surface area (Å²) in [6.45, 7) is 6.33. The largest absolute Gasteiger partial charge is 0.461 e. The first kappa shape index (κ1) is 27.9. The van der Waals surface area contributed by atoms with Gasteiger partial charge in [0.2, 0.25) is 5.91 Å². The molecule has 1 rings (SSSR count). The van der Waals surface area contributed by atoms with Gasteiger partial charge in [-0.25, -0.2) is 0 Å². The summed E-state index contributed by atoms with van der Waals surface area (Å²) in [4.78, 5) is 36.2. The molecule has 1 aromatic carbocycles. The zero-order valence-electron chi connectivity index (χ0n) is 19.3. The maximum atomic E-state index is 12.5. The highest BCUT2D eigenvalue weighted by atomic mass is 32.2. The molecular weight excluding hydrogens is 430 g/mol. The van der Waals surface area contributed by atoms with Crippen LogP contribution < -0.4 is 16.4 Å². The fourth-order valence-corrected chi connectivity index (χ4v) is 3.50. The average molecular weight is 468 g/mol. The molecule has 1 unspecified atom stereocenters. The number of thioether (sulfide) groups is 1. The number of carbonyl (C=O) groups excluding carboxylic acids is 3. The second-order valence-electron chi connectivity index (χ2n) is 7.54. The van der Waals surface area contributed by atoms with Gasteiger partial charge in [0.15, 0.2) is 6.10 Å². The first-order valence-electron chi connectivity index (χ1n) is 11.1. The second kappa shape index (κ2) is 16.5. The molecule has 4 N–H and O–H groups in total. The molecule has 0 bridgehead atoms. The highest BCUT2D eigenvalue weighted by molar-refractivity contribution is 7.99. The van der Waals surface area contributed by atoms with Crippen LogP contribution >= 0.6 is 11.8 Å². The van der Waals surface area contributed by atoms with Crippen molar-refractivity contribution in [1.29, 1.82) is 0 Å². The molecule has 9 heteroatoms. The summed E-state index contributed by atoms with van der Waals surface area (Å²) < 4.78 is 10.9. The van der Waals surface area contributed by atoms with Gasteiger partial charge < -0.3 is 25.8 Å². The molecule has 32 heavy (non-hydrogen) atoms. The van der Waals surface area contributed by atoms with Gasteiger partial charge in [-0.1, -0.05) is 37.3 Å². The molecule has 0 spiro atoms. The highest BCUT2D eigenvalue weighted by Gasteiger charge is 2.27. The zero-order chi connectivity index (χ0) is 23.8. The fourth-order valence-electron chi connectivity index (χ4n) is 2.77. The van der Waals surface area contributed by atoms with Crippen molar-refractivity contribution < 1.29 is 23.9 Å². The normalized spacial score (nSPS) is 12.8. The number of nitrogens with one attached hydrogen (secondary N) is 2. The van der Waals surface area contributed by atoms with E-state index in [9.17, 15) is 14.4 Å². The molecule has 2 amide bonds. The van der Waals surface area contributed by atoms with Gasteiger partial charge in [-0.3, -0.25) is 14.4 Å². The maximum absolute atomic E-state index is 12.5. The van der Waals surface area contributed by atoms with Crippen LogP contribution in [0.1, 0.15) is 45.6 Å². The lowest BCUT2D eigenvalue weighted by molar-refractivity contribution is -0.144. The molecular formula is C23H37N3O5S. The van der Waals surface area contributed by atoms with Crippen molar-refractivity contribution in [2.45, 2.75) is 64.9 Å². The Bertz CT molecular complexity index is 687. The van der Waals surface area contributed by atoms with Crippen molar-refractivity contribution in [3.8, 4) is 0 Å². The van der Waals surface area contributed by atoms with Crippen molar-refractivity contribution >= 4 is 29.5 Å². The Morgan fingerprint density at radius 2 is 1.75 bits per heavy atom. The Labute approximate surface area is 195 Å². The predicted molar refractivity (Wildman–Crippen MR) is 127 cm³/mol.